The zero-order valence-corrected chi connectivity index (χ0v) is 20.5. The van der Waals surface area contributed by atoms with Crippen molar-refractivity contribution in [3.05, 3.63) is 76.6 Å². The first-order valence-electron chi connectivity index (χ1n) is 11.3. The monoisotopic (exact) mass is 483 g/mol. The maximum atomic E-state index is 12.6. The second-order valence-corrected chi connectivity index (χ2v) is 10.2. The number of ether oxygens (including phenoxy) is 1. The Balaban J connectivity index is 1.54. The van der Waals surface area contributed by atoms with Crippen molar-refractivity contribution >= 4 is 63.1 Å². The summed E-state index contributed by atoms with van der Waals surface area (Å²) in [6.45, 7) is 5.28. The number of carbonyl (C=O) groups is 1. The highest BCUT2D eigenvalue weighted by molar-refractivity contribution is 7.17. The number of benzene rings is 2. The Kier molecular flexibility index (Phi) is 5.86. The summed E-state index contributed by atoms with van der Waals surface area (Å²) in [7, 11) is 0. The van der Waals surface area contributed by atoms with Gasteiger partial charge in [0.1, 0.15) is 23.7 Å². The van der Waals surface area contributed by atoms with Gasteiger partial charge in [-0.2, -0.15) is 0 Å². The van der Waals surface area contributed by atoms with Gasteiger partial charge in [-0.15, -0.1) is 11.3 Å². The molecule has 1 N–H and O–H groups in total. The third-order valence-corrected chi connectivity index (χ3v) is 6.46. The van der Waals surface area contributed by atoms with Crippen molar-refractivity contribution in [1.82, 2.24) is 9.55 Å². The molecule has 2 aromatic heterocycles. The molecule has 0 spiro atoms. The number of aliphatic imine (C=N–C) groups is 1. The topological polar surface area (TPSA) is 76.7 Å². The van der Waals surface area contributed by atoms with Crippen LogP contribution in [0.25, 0.3) is 33.9 Å². The molecule has 4 aromatic rings. The Morgan fingerprint density at radius 1 is 1.11 bits per heavy atom. The Morgan fingerprint density at radius 2 is 1.89 bits per heavy atom. The molecule has 5 rings (SSSR count). The predicted molar refractivity (Wildman–Crippen MR) is 143 cm³/mol. The van der Waals surface area contributed by atoms with Crippen molar-refractivity contribution in [2.45, 2.75) is 32.9 Å². The summed E-state index contributed by atoms with van der Waals surface area (Å²) in [5, 5.41) is 14.3. The second-order valence-electron chi connectivity index (χ2n) is 9.25. The van der Waals surface area contributed by atoms with E-state index in [2.05, 4.69) is 27.5 Å². The van der Waals surface area contributed by atoms with E-state index in [4.69, 9.17) is 4.74 Å². The Labute approximate surface area is 207 Å². The van der Waals surface area contributed by atoms with Crippen LogP contribution in [-0.4, -0.2) is 32.4 Å². The van der Waals surface area contributed by atoms with E-state index in [1.165, 1.54) is 9.27 Å². The van der Waals surface area contributed by atoms with Gasteiger partial charge in [-0.25, -0.2) is 4.98 Å². The lowest BCUT2D eigenvalue weighted by Gasteiger charge is -2.20. The van der Waals surface area contributed by atoms with Gasteiger partial charge in [0.25, 0.3) is 0 Å². The first kappa shape index (κ1) is 22.8. The number of fused-ring (bicyclic) bond motifs is 2. The molecule has 7 heteroatoms. The maximum absolute atomic E-state index is 12.6. The average molecular weight is 484 g/mol. The van der Waals surface area contributed by atoms with Gasteiger partial charge in [0.15, 0.2) is 0 Å². The largest absolute Gasteiger partial charge is 0.493 e. The van der Waals surface area contributed by atoms with Crippen molar-refractivity contribution < 1.29 is 14.6 Å². The lowest BCUT2D eigenvalue weighted by atomic mass is 10.1. The maximum Gasteiger partial charge on any atom is 0.326 e. The number of para-hydroxylation sites is 1. The Bertz CT molecular complexity index is 1520. The lowest BCUT2D eigenvalue weighted by Crippen LogP contribution is -2.26. The highest BCUT2D eigenvalue weighted by Gasteiger charge is 2.22. The number of aromatic hydroxyl groups is 1. The number of esters is 1. The molecule has 0 saturated heterocycles. The first-order chi connectivity index (χ1) is 16.8. The van der Waals surface area contributed by atoms with Crippen LogP contribution in [0.1, 0.15) is 43.4 Å². The molecule has 0 aliphatic carbocycles. The minimum absolute atomic E-state index is 0.101. The number of hydrogen-bond donors (Lipinski definition) is 1. The van der Waals surface area contributed by atoms with Gasteiger partial charge in [0.2, 0.25) is 5.88 Å². The van der Waals surface area contributed by atoms with Crippen LogP contribution >= 0.6 is 11.3 Å². The van der Waals surface area contributed by atoms with E-state index in [0.29, 0.717) is 11.5 Å². The standard InChI is InChI=1S/C28H25N3O3S/c1-28(2,3)34-26(32)16-31-25(13-12-18-17-35-24-11-7-5-9-21(18)24)30-23(27(31)33)14-19-15-29-22-10-6-4-8-20(19)22/h4-15,17,33H,16H2,1-3H3/b13-12+,19-14+. The van der Waals surface area contributed by atoms with Crippen molar-refractivity contribution in [2.75, 3.05) is 0 Å². The highest BCUT2D eigenvalue weighted by Crippen LogP contribution is 2.34. The number of thiophene rings is 1. The fourth-order valence-electron chi connectivity index (χ4n) is 3.96. The Morgan fingerprint density at radius 3 is 2.71 bits per heavy atom. The van der Waals surface area contributed by atoms with Gasteiger partial charge >= 0.3 is 5.97 Å². The number of rotatable bonds is 5. The third-order valence-electron chi connectivity index (χ3n) is 5.48. The van der Waals surface area contributed by atoms with Crippen LogP contribution in [0.4, 0.5) is 5.69 Å². The molecule has 0 atom stereocenters. The summed E-state index contributed by atoms with van der Waals surface area (Å²) in [5.41, 5.74) is 3.46. The molecule has 0 fully saturated rings. The summed E-state index contributed by atoms with van der Waals surface area (Å²) >= 11 is 1.67. The molecule has 3 heterocycles. The number of aromatic nitrogens is 2. The molecule has 35 heavy (non-hydrogen) atoms. The Hall–Kier alpha value is -3.97. The SMILES string of the molecule is CC(C)(C)OC(=O)Cn1c(/C=C/c2csc3ccccc23)nc(/C=C2\C=Nc3ccccc32)c1O. The average Bonchev–Trinajstić information content (AvgIpc) is 3.49. The molecule has 0 bridgehead atoms. The van der Waals surface area contributed by atoms with Crippen LogP contribution < -0.4 is 0 Å². The van der Waals surface area contributed by atoms with Gasteiger partial charge in [-0.3, -0.25) is 14.4 Å². The van der Waals surface area contributed by atoms with Crippen LogP contribution in [0, 0.1) is 0 Å². The smallest absolute Gasteiger partial charge is 0.326 e. The van der Waals surface area contributed by atoms with E-state index < -0.39 is 11.6 Å². The molecule has 6 nitrogen and oxygen atoms in total. The number of imidazole rings is 1. The van der Waals surface area contributed by atoms with Crippen LogP contribution in [-0.2, 0) is 16.1 Å². The van der Waals surface area contributed by atoms with Gasteiger partial charge in [0.05, 0.1) is 5.69 Å². The highest BCUT2D eigenvalue weighted by atomic mass is 32.1. The quantitative estimate of drug-likeness (QED) is 0.326. The predicted octanol–water partition coefficient (Wildman–Crippen LogP) is 6.57. The van der Waals surface area contributed by atoms with Gasteiger partial charge in [-0.1, -0.05) is 36.4 Å². The van der Waals surface area contributed by atoms with E-state index in [0.717, 1.165) is 27.8 Å². The normalized spacial score (nSPS) is 14.3. The molecule has 0 amide bonds. The van der Waals surface area contributed by atoms with Crippen LogP contribution in [0.3, 0.4) is 0 Å². The minimum atomic E-state index is -0.631. The van der Waals surface area contributed by atoms with Crippen molar-refractivity contribution in [3.63, 3.8) is 0 Å². The summed E-state index contributed by atoms with van der Waals surface area (Å²) in [6.07, 6.45) is 7.31. The number of nitrogens with zero attached hydrogens (tertiary/aromatic N) is 3. The van der Waals surface area contributed by atoms with E-state index >= 15 is 0 Å². The second kappa shape index (κ2) is 9.00. The summed E-state index contributed by atoms with van der Waals surface area (Å²) in [6, 6.07) is 16.0. The molecular formula is C28H25N3O3S. The van der Waals surface area contributed by atoms with E-state index in [1.54, 1.807) is 23.6 Å². The first-order valence-corrected chi connectivity index (χ1v) is 12.2. The summed E-state index contributed by atoms with van der Waals surface area (Å²) < 4.78 is 8.16. The zero-order chi connectivity index (χ0) is 24.6. The van der Waals surface area contributed by atoms with E-state index in [9.17, 15) is 9.90 Å². The lowest BCUT2D eigenvalue weighted by molar-refractivity contribution is -0.155. The zero-order valence-electron chi connectivity index (χ0n) is 19.7. The molecule has 1 aliphatic rings. The molecule has 0 unspecified atom stereocenters. The molecule has 0 saturated carbocycles. The van der Waals surface area contributed by atoms with Crippen LogP contribution in [0.15, 0.2) is 58.9 Å². The molecular weight excluding hydrogens is 458 g/mol. The van der Waals surface area contributed by atoms with E-state index in [-0.39, 0.29) is 12.4 Å². The summed E-state index contributed by atoms with van der Waals surface area (Å²) in [4.78, 5) is 21.7. The number of allylic oxidation sites excluding steroid dienone is 1. The van der Waals surface area contributed by atoms with Crippen molar-refractivity contribution in [3.8, 4) is 5.88 Å². The number of hydrogen-bond acceptors (Lipinski definition) is 6. The fourth-order valence-corrected chi connectivity index (χ4v) is 4.89. The third kappa shape index (κ3) is 4.81. The van der Waals surface area contributed by atoms with Crippen molar-refractivity contribution in [2.24, 2.45) is 4.99 Å². The molecule has 176 valence electrons. The van der Waals surface area contributed by atoms with Crippen LogP contribution in [0.5, 0.6) is 5.88 Å². The van der Waals surface area contributed by atoms with Gasteiger partial charge in [-0.05, 0) is 67.5 Å². The molecule has 1 aliphatic heterocycles. The van der Waals surface area contributed by atoms with Crippen LogP contribution in [0.2, 0.25) is 0 Å². The summed E-state index contributed by atoms with van der Waals surface area (Å²) in [5.74, 6) is -0.0949. The molecule has 2 aromatic carbocycles. The van der Waals surface area contributed by atoms with Crippen molar-refractivity contribution in [1.29, 1.82) is 0 Å². The molecule has 0 radical (unpaired) electrons. The fraction of sp³-hybridized carbons (Fsp3) is 0.179. The van der Waals surface area contributed by atoms with E-state index in [1.807, 2.05) is 69.3 Å². The number of carbonyl (C=O) groups excluding carboxylic acids is 1. The van der Waals surface area contributed by atoms with Gasteiger partial charge in [0, 0.05) is 22.1 Å². The minimum Gasteiger partial charge on any atom is -0.493 e. The van der Waals surface area contributed by atoms with Gasteiger partial charge < -0.3 is 9.84 Å².